The highest BCUT2D eigenvalue weighted by Crippen LogP contribution is 2.25. The van der Waals surface area contributed by atoms with Crippen LogP contribution in [0.3, 0.4) is 0 Å². The predicted octanol–water partition coefficient (Wildman–Crippen LogP) is 6.71. The zero-order valence-electron chi connectivity index (χ0n) is 22.1. The van der Waals surface area contributed by atoms with Gasteiger partial charge in [-0.25, -0.2) is 9.37 Å². The van der Waals surface area contributed by atoms with Crippen molar-refractivity contribution >= 4 is 17.8 Å². The van der Waals surface area contributed by atoms with Gasteiger partial charge in [0.15, 0.2) is 0 Å². The summed E-state index contributed by atoms with van der Waals surface area (Å²) in [7, 11) is 0. The van der Waals surface area contributed by atoms with E-state index in [1.807, 2.05) is 38.1 Å². The van der Waals surface area contributed by atoms with E-state index in [2.05, 4.69) is 15.6 Å². The lowest BCUT2D eigenvalue weighted by molar-refractivity contribution is -0.143. The molecule has 1 fully saturated rings. The molecule has 4 rings (SSSR count). The Balaban J connectivity index is 0.000000347. The second-order valence-electron chi connectivity index (χ2n) is 8.58. The summed E-state index contributed by atoms with van der Waals surface area (Å²) in [6.07, 6.45) is 5.75. The number of ether oxygens (including phenoxy) is 1. The average Bonchev–Trinajstić information content (AvgIpc) is 3.73. The van der Waals surface area contributed by atoms with E-state index >= 15 is 0 Å². The van der Waals surface area contributed by atoms with Crippen LogP contribution in [0.25, 0.3) is 11.1 Å². The first-order valence-corrected chi connectivity index (χ1v) is 12.6. The van der Waals surface area contributed by atoms with Crippen LogP contribution in [0.15, 0.2) is 66.9 Å². The van der Waals surface area contributed by atoms with Crippen LogP contribution >= 0.6 is 0 Å². The van der Waals surface area contributed by atoms with Gasteiger partial charge in [-0.05, 0) is 61.2 Å². The fourth-order valence-electron chi connectivity index (χ4n) is 3.10. The molecule has 1 saturated carbocycles. The van der Waals surface area contributed by atoms with Crippen LogP contribution in [0.5, 0.6) is 5.88 Å². The van der Waals surface area contributed by atoms with E-state index in [0.717, 1.165) is 17.0 Å². The minimum absolute atomic E-state index is 0.221. The molecule has 6 nitrogen and oxygen atoms in total. The Hall–Kier alpha value is -3.88. The van der Waals surface area contributed by atoms with Crippen LogP contribution in [-0.2, 0) is 4.79 Å². The van der Waals surface area contributed by atoms with Crippen molar-refractivity contribution in [2.24, 2.45) is 0 Å². The smallest absolute Gasteiger partial charge is 0.321 e. The van der Waals surface area contributed by atoms with Gasteiger partial charge >= 0.3 is 5.92 Å². The molecule has 1 atom stereocenters. The fourth-order valence-corrected chi connectivity index (χ4v) is 3.10. The van der Waals surface area contributed by atoms with E-state index < -0.39 is 17.9 Å². The predicted molar refractivity (Wildman–Crippen MR) is 146 cm³/mol. The summed E-state index contributed by atoms with van der Waals surface area (Å²) in [6.45, 7) is 6.37. The highest BCUT2D eigenvalue weighted by atomic mass is 19.3. The molecule has 0 radical (unpaired) electrons. The summed E-state index contributed by atoms with van der Waals surface area (Å²) in [5.41, 5.74) is 2.86. The Morgan fingerprint density at radius 3 is 2.34 bits per heavy atom. The first kappa shape index (κ1) is 30.3. The topological polar surface area (TPSA) is 87.1 Å². The zero-order chi connectivity index (χ0) is 28.1. The first-order valence-electron chi connectivity index (χ1n) is 12.6. The number of carbonyl (C=O) groups is 1. The maximum Gasteiger partial charge on any atom is 0.321 e. The third kappa shape index (κ3) is 10.2. The first-order chi connectivity index (χ1) is 18.2. The molecule has 0 bridgehead atoms. The molecular weight excluding hydrogens is 493 g/mol. The van der Waals surface area contributed by atoms with Crippen molar-refractivity contribution in [3.05, 3.63) is 78.2 Å². The average molecular weight is 529 g/mol. The standard InChI is InChI=1S/C19H20F3N3O.C8H9NO.C2H6/c1-12(25-18(26)19(2,21)22)11-24-17-8-5-14(9-15(17)10-23)13-3-6-16(20)7-4-13;1-2-6-9-8(3-1)10-7-4-5-7;1-2/h3-10,12,23-24H,11H2,1-2H3,(H,25,26);1-3,6-7H,4-5H2;1-2H3. The molecule has 0 spiro atoms. The van der Waals surface area contributed by atoms with Gasteiger partial charge in [0.1, 0.15) is 11.9 Å². The normalized spacial score (nSPS) is 13.0. The monoisotopic (exact) mass is 528 g/mol. The lowest BCUT2D eigenvalue weighted by Crippen LogP contribution is -2.45. The molecule has 204 valence electrons. The Morgan fingerprint density at radius 2 is 1.79 bits per heavy atom. The van der Waals surface area contributed by atoms with Crippen molar-refractivity contribution in [1.29, 1.82) is 5.41 Å². The highest BCUT2D eigenvalue weighted by molar-refractivity contribution is 5.88. The number of nitrogens with zero attached hydrogens (tertiary/aromatic N) is 1. The van der Waals surface area contributed by atoms with Crippen molar-refractivity contribution in [2.75, 3.05) is 11.9 Å². The molecule has 2 aromatic carbocycles. The van der Waals surface area contributed by atoms with Crippen LogP contribution < -0.4 is 15.4 Å². The Morgan fingerprint density at radius 1 is 1.13 bits per heavy atom. The number of pyridine rings is 1. The fraction of sp³-hybridized carbons (Fsp3) is 0.345. The molecule has 1 unspecified atom stereocenters. The minimum Gasteiger partial charge on any atom is -0.474 e. The largest absolute Gasteiger partial charge is 0.474 e. The number of alkyl halides is 2. The Labute approximate surface area is 222 Å². The van der Waals surface area contributed by atoms with E-state index in [4.69, 9.17) is 10.1 Å². The molecule has 38 heavy (non-hydrogen) atoms. The summed E-state index contributed by atoms with van der Waals surface area (Å²) in [5.74, 6) is -4.32. The molecule has 1 aromatic heterocycles. The van der Waals surface area contributed by atoms with Crippen LogP contribution in [0.1, 0.15) is 46.1 Å². The van der Waals surface area contributed by atoms with E-state index in [1.54, 1.807) is 37.4 Å². The van der Waals surface area contributed by atoms with Gasteiger partial charge in [0.2, 0.25) is 5.88 Å². The van der Waals surface area contributed by atoms with Gasteiger partial charge < -0.3 is 20.8 Å². The SMILES string of the molecule is CC.CC(CNc1ccc(-c2ccc(F)cc2)cc1C=N)NC(=O)C(C)(F)F.c1ccc(OC2CC2)nc1. The summed E-state index contributed by atoms with van der Waals surface area (Å²) in [5, 5.41) is 12.8. The maximum absolute atomic E-state index is 13.0. The molecule has 1 amide bonds. The number of benzene rings is 2. The molecule has 3 N–H and O–H groups in total. The molecule has 1 aliphatic rings. The molecule has 1 heterocycles. The van der Waals surface area contributed by atoms with E-state index in [9.17, 15) is 18.0 Å². The van der Waals surface area contributed by atoms with E-state index in [-0.39, 0.29) is 12.4 Å². The Bertz CT molecular complexity index is 1150. The number of hydrogen-bond donors (Lipinski definition) is 3. The second-order valence-corrected chi connectivity index (χ2v) is 8.58. The van der Waals surface area contributed by atoms with Crippen molar-refractivity contribution in [1.82, 2.24) is 10.3 Å². The van der Waals surface area contributed by atoms with Gasteiger partial charge in [-0.2, -0.15) is 8.78 Å². The van der Waals surface area contributed by atoms with Crippen LogP contribution in [0.2, 0.25) is 0 Å². The van der Waals surface area contributed by atoms with Crippen molar-refractivity contribution < 1.29 is 22.7 Å². The summed E-state index contributed by atoms with van der Waals surface area (Å²) < 4.78 is 44.2. The van der Waals surface area contributed by atoms with Crippen molar-refractivity contribution in [3.63, 3.8) is 0 Å². The molecule has 0 saturated heterocycles. The van der Waals surface area contributed by atoms with Crippen LogP contribution in [-0.4, -0.2) is 41.7 Å². The highest BCUT2D eigenvalue weighted by Gasteiger charge is 2.32. The zero-order valence-corrected chi connectivity index (χ0v) is 22.1. The van der Waals surface area contributed by atoms with E-state index in [0.29, 0.717) is 24.3 Å². The number of nitrogens with one attached hydrogen (secondary N) is 3. The number of anilines is 1. The molecule has 3 aromatic rings. The van der Waals surface area contributed by atoms with Crippen molar-refractivity contribution in [3.8, 4) is 17.0 Å². The van der Waals surface area contributed by atoms with E-state index in [1.165, 1.54) is 31.2 Å². The summed E-state index contributed by atoms with van der Waals surface area (Å²) in [6, 6.07) is 16.5. The number of hydrogen-bond acceptors (Lipinski definition) is 5. The number of rotatable bonds is 9. The van der Waals surface area contributed by atoms with Gasteiger partial charge in [0.05, 0.1) is 0 Å². The number of amides is 1. The van der Waals surface area contributed by atoms with Gasteiger partial charge in [0.25, 0.3) is 5.91 Å². The van der Waals surface area contributed by atoms with Gasteiger partial charge in [0, 0.05) is 49.2 Å². The molecular formula is C29H35F3N4O2. The second kappa shape index (κ2) is 14.8. The number of aromatic nitrogens is 1. The third-order valence-electron chi connectivity index (χ3n) is 5.21. The van der Waals surface area contributed by atoms with Gasteiger partial charge in [-0.1, -0.05) is 38.1 Å². The summed E-state index contributed by atoms with van der Waals surface area (Å²) in [4.78, 5) is 15.3. The van der Waals surface area contributed by atoms with Crippen molar-refractivity contribution in [2.45, 2.75) is 58.6 Å². The lowest BCUT2D eigenvalue weighted by Gasteiger charge is -2.19. The third-order valence-corrected chi connectivity index (χ3v) is 5.21. The summed E-state index contributed by atoms with van der Waals surface area (Å²) >= 11 is 0. The molecule has 9 heteroatoms. The lowest BCUT2D eigenvalue weighted by atomic mass is 10.0. The number of carbonyl (C=O) groups excluding carboxylic acids is 1. The van der Waals surface area contributed by atoms with Gasteiger partial charge in [-0.15, -0.1) is 0 Å². The minimum atomic E-state index is -3.43. The van der Waals surface area contributed by atoms with Crippen LogP contribution in [0, 0.1) is 11.2 Å². The van der Waals surface area contributed by atoms with Gasteiger partial charge in [-0.3, -0.25) is 4.79 Å². The molecule has 1 aliphatic carbocycles. The van der Waals surface area contributed by atoms with Crippen LogP contribution in [0.4, 0.5) is 18.9 Å². The number of halogens is 3. The Kier molecular flexibility index (Phi) is 11.8. The molecule has 0 aliphatic heterocycles. The maximum atomic E-state index is 13.0. The quantitative estimate of drug-likeness (QED) is 0.269.